The van der Waals surface area contributed by atoms with E-state index in [9.17, 15) is 9.59 Å². The van der Waals surface area contributed by atoms with Gasteiger partial charge in [-0.15, -0.1) is 11.3 Å². The molecule has 0 saturated carbocycles. The summed E-state index contributed by atoms with van der Waals surface area (Å²) in [5, 5.41) is 13.0. The van der Waals surface area contributed by atoms with E-state index in [1.54, 1.807) is 18.3 Å². The van der Waals surface area contributed by atoms with Crippen LogP contribution in [0.25, 0.3) is 0 Å². The first-order valence-electron chi connectivity index (χ1n) is 6.35. The van der Waals surface area contributed by atoms with Crippen molar-refractivity contribution >= 4 is 23.2 Å². The van der Waals surface area contributed by atoms with Crippen molar-refractivity contribution < 1.29 is 14.7 Å². The lowest BCUT2D eigenvalue weighted by Gasteiger charge is -2.31. The van der Waals surface area contributed by atoms with Crippen LogP contribution in [0, 0.1) is 11.8 Å². The zero-order chi connectivity index (χ0) is 14.5. The van der Waals surface area contributed by atoms with Crippen LogP contribution in [0.3, 0.4) is 0 Å². The number of hydrogen-bond donors (Lipinski definition) is 2. The molecule has 0 bridgehead atoms. The topological polar surface area (TPSA) is 69.6 Å². The molecule has 1 fully saturated rings. The molecule has 1 aliphatic rings. The Morgan fingerprint density at radius 3 is 3.10 bits per heavy atom. The van der Waals surface area contributed by atoms with Gasteiger partial charge in [-0.3, -0.25) is 19.8 Å². The van der Waals surface area contributed by atoms with Crippen LogP contribution in [0.4, 0.5) is 0 Å². The van der Waals surface area contributed by atoms with Gasteiger partial charge in [-0.1, -0.05) is 11.8 Å². The molecule has 0 aromatic carbocycles. The van der Waals surface area contributed by atoms with Gasteiger partial charge in [-0.2, -0.15) is 0 Å². The molecule has 2 N–H and O–H groups in total. The van der Waals surface area contributed by atoms with Crippen molar-refractivity contribution in [1.82, 2.24) is 10.2 Å². The minimum absolute atomic E-state index is 0.0459. The zero-order valence-corrected chi connectivity index (χ0v) is 12.0. The maximum Gasteiger partial charge on any atom is 0.243 e. The van der Waals surface area contributed by atoms with Crippen LogP contribution in [-0.4, -0.2) is 41.0 Å². The fourth-order valence-electron chi connectivity index (χ4n) is 1.93. The number of nitrogens with one attached hydrogen (secondary N) is 1. The van der Waals surface area contributed by atoms with E-state index in [0.717, 1.165) is 10.4 Å². The van der Waals surface area contributed by atoms with Crippen molar-refractivity contribution in [2.24, 2.45) is 0 Å². The van der Waals surface area contributed by atoms with Gasteiger partial charge in [0.2, 0.25) is 11.8 Å². The summed E-state index contributed by atoms with van der Waals surface area (Å²) < 4.78 is 0. The summed E-state index contributed by atoms with van der Waals surface area (Å²) in [5.41, 5.74) is 0.897. The average Bonchev–Trinajstić information content (AvgIpc) is 2.83. The monoisotopic (exact) mass is 292 g/mol. The third-order valence-electron chi connectivity index (χ3n) is 3.09. The number of aliphatic hydroxyl groups is 1. The molecular formula is C14H16N2O3S. The Hall–Kier alpha value is -1.68. The first-order chi connectivity index (χ1) is 9.61. The van der Waals surface area contributed by atoms with Crippen LogP contribution in [0.2, 0.25) is 0 Å². The van der Waals surface area contributed by atoms with Gasteiger partial charge in [0.05, 0.1) is 19.2 Å². The van der Waals surface area contributed by atoms with Gasteiger partial charge in [0.15, 0.2) is 0 Å². The van der Waals surface area contributed by atoms with Gasteiger partial charge >= 0.3 is 0 Å². The van der Waals surface area contributed by atoms with Gasteiger partial charge in [0.25, 0.3) is 0 Å². The van der Waals surface area contributed by atoms with E-state index >= 15 is 0 Å². The van der Waals surface area contributed by atoms with E-state index in [2.05, 4.69) is 17.2 Å². The number of carbonyl (C=O) groups excluding carboxylic acids is 2. The second-order valence-electron chi connectivity index (χ2n) is 4.53. The number of carbonyl (C=O) groups is 2. The number of thiophene rings is 1. The molecule has 1 aromatic heterocycles. The maximum absolute atomic E-state index is 11.6. The Morgan fingerprint density at radius 2 is 2.35 bits per heavy atom. The third-order valence-corrected chi connectivity index (χ3v) is 3.99. The summed E-state index contributed by atoms with van der Waals surface area (Å²) in [6.07, 6.45) is 0.441. The van der Waals surface area contributed by atoms with E-state index < -0.39 is 0 Å². The molecule has 2 amide bonds. The highest BCUT2D eigenvalue weighted by Crippen LogP contribution is 2.20. The van der Waals surface area contributed by atoms with Crippen molar-refractivity contribution in [3.63, 3.8) is 0 Å². The molecule has 0 radical (unpaired) electrons. The Balaban J connectivity index is 2.10. The largest absolute Gasteiger partial charge is 0.395 e. The van der Waals surface area contributed by atoms with Crippen LogP contribution in [-0.2, 0) is 16.1 Å². The summed E-state index contributed by atoms with van der Waals surface area (Å²) in [4.78, 5) is 25.9. The number of rotatable bonds is 3. The summed E-state index contributed by atoms with van der Waals surface area (Å²) in [7, 11) is 0. The molecule has 106 valence electrons. The van der Waals surface area contributed by atoms with Crippen LogP contribution in [0.15, 0.2) is 11.4 Å². The molecule has 2 rings (SSSR count). The van der Waals surface area contributed by atoms with Crippen molar-refractivity contribution in [2.45, 2.75) is 25.9 Å². The molecule has 0 aliphatic carbocycles. The predicted molar refractivity (Wildman–Crippen MR) is 75.9 cm³/mol. The van der Waals surface area contributed by atoms with E-state index in [0.29, 0.717) is 13.0 Å². The molecule has 1 atom stereocenters. The van der Waals surface area contributed by atoms with Gasteiger partial charge in [-0.25, -0.2) is 0 Å². The minimum Gasteiger partial charge on any atom is -0.395 e. The summed E-state index contributed by atoms with van der Waals surface area (Å²) >= 11 is 1.56. The standard InChI is InChI=1S/C14H16N2O3S/c1-10-14(19)15-13(18)9-16(10)8-12-11(5-7-20-12)4-2-3-6-17/h5,7,10,17H,3,6,8-9H2,1H3,(H,15,18,19). The highest BCUT2D eigenvalue weighted by atomic mass is 32.1. The van der Waals surface area contributed by atoms with Crippen LogP contribution >= 0.6 is 11.3 Å². The lowest BCUT2D eigenvalue weighted by Crippen LogP contribution is -2.56. The highest BCUT2D eigenvalue weighted by Gasteiger charge is 2.30. The van der Waals surface area contributed by atoms with Gasteiger partial charge < -0.3 is 5.11 Å². The smallest absolute Gasteiger partial charge is 0.243 e. The maximum atomic E-state index is 11.6. The number of nitrogens with zero attached hydrogens (tertiary/aromatic N) is 1. The molecule has 0 spiro atoms. The Labute approximate surface area is 121 Å². The molecular weight excluding hydrogens is 276 g/mol. The van der Waals surface area contributed by atoms with Crippen LogP contribution in [0.1, 0.15) is 23.8 Å². The molecule has 2 heterocycles. The second-order valence-corrected chi connectivity index (χ2v) is 5.53. The Bertz CT molecular complexity index is 570. The molecule has 1 aromatic rings. The molecule has 1 saturated heterocycles. The van der Waals surface area contributed by atoms with Crippen LogP contribution < -0.4 is 5.32 Å². The van der Waals surface area contributed by atoms with E-state index in [-0.39, 0.29) is 31.0 Å². The van der Waals surface area contributed by atoms with Crippen molar-refractivity contribution in [3.05, 3.63) is 21.9 Å². The summed E-state index contributed by atoms with van der Waals surface area (Å²) in [6.45, 7) is 2.58. The predicted octanol–water partition coefficient (Wildman–Crippen LogP) is 0.329. The molecule has 1 unspecified atom stereocenters. The van der Waals surface area contributed by atoms with E-state index in [1.165, 1.54) is 0 Å². The number of piperazine rings is 1. The minimum atomic E-state index is -0.326. The first kappa shape index (κ1) is 14.7. The molecule has 6 heteroatoms. The van der Waals surface area contributed by atoms with Gasteiger partial charge in [-0.05, 0) is 18.4 Å². The molecule has 1 aliphatic heterocycles. The fourth-order valence-corrected chi connectivity index (χ4v) is 2.79. The number of imide groups is 1. The number of amides is 2. The zero-order valence-electron chi connectivity index (χ0n) is 11.2. The third kappa shape index (κ3) is 3.45. The lowest BCUT2D eigenvalue weighted by molar-refractivity contribution is -0.139. The Kier molecular flexibility index (Phi) is 4.90. The van der Waals surface area contributed by atoms with Crippen molar-refractivity contribution in [2.75, 3.05) is 13.2 Å². The highest BCUT2D eigenvalue weighted by molar-refractivity contribution is 7.10. The van der Waals surface area contributed by atoms with E-state index in [1.807, 2.05) is 16.3 Å². The number of hydrogen-bond acceptors (Lipinski definition) is 5. The van der Waals surface area contributed by atoms with Crippen LogP contribution in [0.5, 0.6) is 0 Å². The fraction of sp³-hybridized carbons (Fsp3) is 0.429. The van der Waals surface area contributed by atoms with Crippen molar-refractivity contribution in [3.8, 4) is 11.8 Å². The molecule has 20 heavy (non-hydrogen) atoms. The summed E-state index contributed by atoms with van der Waals surface area (Å²) in [6, 6.07) is 1.59. The molecule has 5 nitrogen and oxygen atoms in total. The lowest BCUT2D eigenvalue weighted by atomic mass is 10.1. The number of aliphatic hydroxyl groups excluding tert-OH is 1. The van der Waals surface area contributed by atoms with Gasteiger partial charge in [0, 0.05) is 23.4 Å². The normalized spacial score (nSPS) is 19.4. The van der Waals surface area contributed by atoms with E-state index in [4.69, 9.17) is 5.11 Å². The average molecular weight is 292 g/mol. The second kappa shape index (κ2) is 6.66. The summed E-state index contributed by atoms with van der Waals surface area (Å²) in [5.74, 6) is 5.37. The first-order valence-corrected chi connectivity index (χ1v) is 7.23. The quantitative estimate of drug-likeness (QED) is 0.622. The van der Waals surface area contributed by atoms with Gasteiger partial charge in [0.1, 0.15) is 0 Å². The Morgan fingerprint density at radius 1 is 1.55 bits per heavy atom. The SMILES string of the molecule is CC1C(=O)NC(=O)CN1Cc1sccc1C#CCCO. The van der Waals surface area contributed by atoms with Crippen molar-refractivity contribution in [1.29, 1.82) is 0 Å².